The molecule has 1 aromatic carbocycles. The molecule has 1 unspecified atom stereocenters. The van der Waals surface area contributed by atoms with Crippen LogP contribution in [0.5, 0.6) is 5.75 Å². The number of hydrogen-bond donors (Lipinski definition) is 1. The molecule has 1 N–H and O–H groups in total. The lowest BCUT2D eigenvalue weighted by Crippen LogP contribution is -2.24. The summed E-state index contributed by atoms with van der Waals surface area (Å²) in [5.74, 6) is 2.64. The Bertz CT molecular complexity index is 579. The summed E-state index contributed by atoms with van der Waals surface area (Å²) in [6, 6.07) is 8.42. The van der Waals surface area contributed by atoms with E-state index < -0.39 is 0 Å². The second-order valence-corrected chi connectivity index (χ2v) is 4.66. The maximum absolute atomic E-state index is 5.30. The number of anilines is 1. The second kappa shape index (κ2) is 4.91. The fourth-order valence-corrected chi connectivity index (χ4v) is 2.45. The third-order valence-electron chi connectivity index (χ3n) is 3.47. The van der Waals surface area contributed by atoms with Crippen LogP contribution in [0.25, 0.3) is 0 Å². The van der Waals surface area contributed by atoms with Gasteiger partial charge in [0.05, 0.1) is 13.2 Å². The first-order chi connectivity index (χ1) is 9.31. The number of ether oxygens (including phenoxy) is 1. The molecule has 0 saturated carbocycles. The van der Waals surface area contributed by atoms with Crippen molar-refractivity contribution in [3.8, 4) is 5.75 Å². The molecule has 3 rings (SSSR count). The minimum absolute atomic E-state index is 0.235. The predicted molar refractivity (Wildman–Crippen MR) is 73.6 cm³/mol. The van der Waals surface area contributed by atoms with Crippen LogP contribution < -0.4 is 10.1 Å². The van der Waals surface area contributed by atoms with Gasteiger partial charge in [0.15, 0.2) is 5.82 Å². The lowest BCUT2D eigenvalue weighted by Gasteiger charge is -2.24. The van der Waals surface area contributed by atoms with Crippen LogP contribution in [-0.2, 0) is 6.42 Å². The number of methoxy groups -OCH3 is 1. The van der Waals surface area contributed by atoms with Crippen LogP contribution in [0, 0.1) is 0 Å². The summed E-state index contributed by atoms with van der Waals surface area (Å²) < 4.78 is 7.30. The monoisotopic (exact) mass is 258 g/mol. The van der Waals surface area contributed by atoms with Crippen LogP contribution in [0.3, 0.4) is 0 Å². The summed E-state index contributed by atoms with van der Waals surface area (Å²) in [5, 5.41) is 7.89. The van der Waals surface area contributed by atoms with E-state index >= 15 is 0 Å². The van der Waals surface area contributed by atoms with Crippen molar-refractivity contribution in [2.45, 2.75) is 25.8 Å². The lowest BCUT2D eigenvalue weighted by molar-refractivity contribution is 0.411. The van der Waals surface area contributed by atoms with Gasteiger partial charge >= 0.3 is 0 Å². The molecule has 0 aliphatic carbocycles. The van der Waals surface area contributed by atoms with Gasteiger partial charge in [-0.1, -0.05) is 19.1 Å². The van der Waals surface area contributed by atoms with Gasteiger partial charge in [-0.3, -0.25) is 0 Å². The standard InChI is InChI=1S/C14H18N4O/c1-3-13-16-14-15-8-7-12(18(14)17-13)10-5-4-6-11(9-10)19-2/h4-6,9,12H,3,7-8H2,1-2H3,(H,15,16,17). The molecule has 0 fully saturated rings. The van der Waals surface area contributed by atoms with Crippen molar-refractivity contribution in [1.29, 1.82) is 0 Å². The van der Waals surface area contributed by atoms with Crippen LogP contribution in [-0.4, -0.2) is 28.4 Å². The molecule has 5 nitrogen and oxygen atoms in total. The molecule has 5 heteroatoms. The highest BCUT2D eigenvalue weighted by molar-refractivity contribution is 5.36. The smallest absolute Gasteiger partial charge is 0.221 e. The minimum Gasteiger partial charge on any atom is -0.497 e. The average molecular weight is 258 g/mol. The Morgan fingerprint density at radius 2 is 2.37 bits per heavy atom. The van der Waals surface area contributed by atoms with Crippen molar-refractivity contribution < 1.29 is 4.74 Å². The van der Waals surface area contributed by atoms with Gasteiger partial charge in [-0.15, -0.1) is 0 Å². The van der Waals surface area contributed by atoms with E-state index in [0.717, 1.165) is 36.9 Å². The number of rotatable bonds is 3. The van der Waals surface area contributed by atoms with E-state index in [1.165, 1.54) is 5.56 Å². The number of nitrogens with zero attached hydrogens (tertiary/aromatic N) is 3. The Morgan fingerprint density at radius 1 is 1.47 bits per heavy atom. The maximum Gasteiger partial charge on any atom is 0.221 e. The Labute approximate surface area is 112 Å². The van der Waals surface area contributed by atoms with Gasteiger partial charge in [0.2, 0.25) is 5.95 Å². The highest BCUT2D eigenvalue weighted by Gasteiger charge is 2.24. The van der Waals surface area contributed by atoms with Gasteiger partial charge in [-0.25, -0.2) is 4.68 Å². The zero-order valence-corrected chi connectivity index (χ0v) is 11.3. The molecule has 1 atom stereocenters. The highest BCUT2D eigenvalue weighted by Crippen LogP contribution is 2.30. The summed E-state index contributed by atoms with van der Waals surface area (Å²) in [6.45, 7) is 2.99. The van der Waals surface area contributed by atoms with Crippen molar-refractivity contribution in [2.24, 2.45) is 0 Å². The first kappa shape index (κ1) is 12.0. The molecule has 1 aromatic heterocycles. The zero-order chi connectivity index (χ0) is 13.2. The maximum atomic E-state index is 5.30. The van der Waals surface area contributed by atoms with Gasteiger partial charge in [0.1, 0.15) is 5.75 Å². The van der Waals surface area contributed by atoms with Gasteiger partial charge in [0.25, 0.3) is 0 Å². The third kappa shape index (κ3) is 2.16. The molecule has 1 aliphatic heterocycles. The molecule has 1 aliphatic rings. The molecular weight excluding hydrogens is 240 g/mol. The Hall–Kier alpha value is -2.04. The number of nitrogens with one attached hydrogen (secondary N) is 1. The number of aromatic nitrogens is 3. The Kier molecular flexibility index (Phi) is 3.11. The third-order valence-corrected chi connectivity index (χ3v) is 3.47. The predicted octanol–water partition coefficient (Wildman–Crippen LogP) is 2.25. The largest absolute Gasteiger partial charge is 0.497 e. The van der Waals surface area contributed by atoms with Gasteiger partial charge in [-0.2, -0.15) is 10.1 Å². The molecule has 2 heterocycles. The zero-order valence-electron chi connectivity index (χ0n) is 11.3. The van der Waals surface area contributed by atoms with Crippen molar-refractivity contribution >= 4 is 5.95 Å². The molecule has 0 radical (unpaired) electrons. The molecule has 19 heavy (non-hydrogen) atoms. The summed E-state index contributed by atoms with van der Waals surface area (Å²) in [7, 11) is 1.69. The summed E-state index contributed by atoms with van der Waals surface area (Å²) in [5.41, 5.74) is 1.22. The van der Waals surface area contributed by atoms with Crippen molar-refractivity contribution in [2.75, 3.05) is 19.0 Å². The van der Waals surface area contributed by atoms with E-state index in [1.54, 1.807) is 7.11 Å². The van der Waals surface area contributed by atoms with Gasteiger partial charge in [-0.05, 0) is 24.1 Å². The van der Waals surface area contributed by atoms with E-state index in [2.05, 4.69) is 34.5 Å². The topological polar surface area (TPSA) is 52.0 Å². The number of fused-ring (bicyclic) bond motifs is 1. The number of hydrogen-bond acceptors (Lipinski definition) is 4. The van der Waals surface area contributed by atoms with Crippen LogP contribution in [0.2, 0.25) is 0 Å². The average Bonchev–Trinajstić information content (AvgIpc) is 2.90. The molecule has 2 aromatic rings. The van der Waals surface area contributed by atoms with Crippen molar-refractivity contribution in [3.63, 3.8) is 0 Å². The Balaban J connectivity index is 2.00. The van der Waals surface area contributed by atoms with Gasteiger partial charge < -0.3 is 10.1 Å². The molecule has 0 bridgehead atoms. The normalized spacial score (nSPS) is 17.7. The van der Waals surface area contributed by atoms with Crippen LogP contribution in [0.1, 0.15) is 30.8 Å². The molecule has 0 spiro atoms. The highest BCUT2D eigenvalue weighted by atomic mass is 16.5. The van der Waals surface area contributed by atoms with Gasteiger partial charge in [0, 0.05) is 13.0 Å². The molecule has 0 saturated heterocycles. The summed E-state index contributed by atoms with van der Waals surface area (Å²) >= 11 is 0. The van der Waals surface area contributed by atoms with Crippen molar-refractivity contribution in [3.05, 3.63) is 35.7 Å². The van der Waals surface area contributed by atoms with Crippen molar-refractivity contribution in [1.82, 2.24) is 14.8 Å². The fraction of sp³-hybridized carbons (Fsp3) is 0.429. The minimum atomic E-state index is 0.235. The Morgan fingerprint density at radius 3 is 3.16 bits per heavy atom. The van der Waals surface area contributed by atoms with Crippen LogP contribution in [0.4, 0.5) is 5.95 Å². The molecule has 100 valence electrons. The summed E-state index contributed by atoms with van der Waals surface area (Å²) in [6.07, 6.45) is 1.86. The molecule has 0 amide bonds. The SMILES string of the molecule is CCc1nc2n(n1)C(c1cccc(OC)c1)CCN2. The first-order valence-corrected chi connectivity index (χ1v) is 6.65. The van der Waals surface area contributed by atoms with E-state index in [1.807, 2.05) is 16.8 Å². The lowest BCUT2D eigenvalue weighted by atomic mass is 10.0. The number of aryl methyl sites for hydroxylation is 1. The number of benzene rings is 1. The summed E-state index contributed by atoms with van der Waals surface area (Å²) in [4.78, 5) is 4.50. The van der Waals surface area contributed by atoms with E-state index in [0.29, 0.717) is 0 Å². The first-order valence-electron chi connectivity index (χ1n) is 6.65. The fourth-order valence-electron chi connectivity index (χ4n) is 2.45. The van der Waals surface area contributed by atoms with Crippen LogP contribution >= 0.6 is 0 Å². The molecular formula is C14H18N4O. The van der Waals surface area contributed by atoms with E-state index in [4.69, 9.17) is 4.74 Å². The van der Waals surface area contributed by atoms with Crippen LogP contribution in [0.15, 0.2) is 24.3 Å². The van der Waals surface area contributed by atoms with E-state index in [9.17, 15) is 0 Å². The van der Waals surface area contributed by atoms with E-state index in [-0.39, 0.29) is 6.04 Å². The second-order valence-electron chi connectivity index (χ2n) is 4.66. The quantitative estimate of drug-likeness (QED) is 0.917.